The first kappa shape index (κ1) is 15.4. The van der Waals surface area contributed by atoms with Gasteiger partial charge in [0, 0.05) is 6.07 Å². The van der Waals surface area contributed by atoms with Crippen LogP contribution in [0.2, 0.25) is 0 Å². The van der Waals surface area contributed by atoms with E-state index in [1.54, 1.807) is 0 Å². The zero-order chi connectivity index (χ0) is 16.3. The Balaban J connectivity index is 2.48. The fourth-order valence-corrected chi connectivity index (χ4v) is 1.73. The number of hydrogen-bond donors (Lipinski definition) is 0. The zero-order valence-electron chi connectivity index (χ0n) is 11.2. The Morgan fingerprint density at radius 3 is 2.50 bits per heavy atom. The third kappa shape index (κ3) is 3.00. The number of carbonyl (C=O) groups is 1. The van der Waals surface area contributed by atoms with E-state index in [1.807, 2.05) is 0 Å². The first-order valence-corrected chi connectivity index (χ1v) is 5.92. The molecule has 2 rings (SSSR count). The summed E-state index contributed by atoms with van der Waals surface area (Å²) in [5.74, 6) is -3.60. The number of esters is 1. The molecule has 0 saturated carbocycles. The van der Waals surface area contributed by atoms with Crippen molar-refractivity contribution >= 4 is 11.7 Å². The molecule has 22 heavy (non-hydrogen) atoms. The van der Waals surface area contributed by atoms with Crippen molar-refractivity contribution in [3.05, 3.63) is 63.7 Å². The molecular formula is C14H9F2NO5. The molecule has 0 aliphatic rings. The summed E-state index contributed by atoms with van der Waals surface area (Å²) in [5, 5.41) is 11.2. The van der Waals surface area contributed by atoms with Crippen molar-refractivity contribution < 1.29 is 28.0 Å². The van der Waals surface area contributed by atoms with E-state index >= 15 is 0 Å². The summed E-state index contributed by atoms with van der Waals surface area (Å²) in [6.07, 6.45) is 0. The largest absolute Gasteiger partial charge is 0.465 e. The molecule has 0 unspecified atom stereocenters. The molecule has 0 fully saturated rings. The van der Waals surface area contributed by atoms with Crippen molar-refractivity contribution in [2.24, 2.45) is 0 Å². The number of hydrogen-bond acceptors (Lipinski definition) is 5. The summed E-state index contributed by atoms with van der Waals surface area (Å²) in [6.45, 7) is 0. The Morgan fingerprint density at radius 2 is 1.91 bits per heavy atom. The van der Waals surface area contributed by atoms with Gasteiger partial charge in [0.15, 0.2) is 11.6 Å². The number of ether oxygens (including phenoxy) is 2. The van der Waals surface area contributed by atoms with E-state index in [1.165, 1.54) is 18.2 Å². The SMILES string of the molecule is COC(=O)c1cccc(Oc2ccc(F)c(F)c2)c1[N+](=O)[O-]. The minimum absolute atomic E-state index is 0.149. The van der Waals surface area contributed by atoms with Gasteiger partial charge in [-0.1, -0.05) is 6.07 Å². The fraction of sp³-hybridized carbons (Fsp3) is 0.0714. The standard InChI is InChI=1S/C14H9F2NO5/c1-21-14(18)9-3-2-4-12(13(9)17(19)20)22-8-5-6-10(15)11(16)7-8/h2-7H,1H3. The van der Waals surface area contributed by atoms with Crippen LogP contribution in [-0.4, -0.2) is 18.0 Å². The molecule has 0 bridgehead atoms. The van der Waals surface area contributed by atoms with Crippen LogP contribution >= 0.6 is 0 Å². The monoisotopic (exact) mass is 309 g/mol. The number of rotatable bonds is 4. The van der Waals surface area contributed by atoms with Gasteiger partial charge in [0.25, 0.3) is 0 Å². The molecule has 0 spiro atoms. The second kappa shape index (κ2) is 6.17. The van der Waals surface area contributed by atoms with E-state index in [9.17, 15) is 23.7 Å². The Hall–Kier alpha value is -3.03. The number of nitro benzene ring substituents is 1. The van der Waals surface area contributed by atoms with Crippen LogP contribution in [0.5, 0.6) is 11.5 Å². The van der Waals surface area contributed by atoms with Crippen molar-refractivity contribution in [2.45, 2.75) is 0 Å². The molecule has 0 amide bonds. The summed E-state index contributed by atoms with van der Waals surface area (Å²) >= 11 is 0. The van der Waals surface area contributed by atoms with E-state index in [-0.39, 0.29) is 17.1 Å². The molecule has 0 saturated heterocycles. The van der Waals surface area contributed by atoms with Crippen molar-refractivity contribution in [1.82, 2.24) is 0 Å². The van der Waals surface area contributed by atoms with Crippen LogP contribution in [0.25, 0.3) is 0 Å². The molecule has 6 nitrogen and oxygen atoms in total. The highest BCUT2D eigenvalue weighted by atomic mass is 19.2. The second-order valence-electron chi connectivity index (χ2n) is 4.08. The van der Waals surface area contributed by atoms with E-state index in [0.717, 1.165) is 25.3 Å². The lowest BCUT2D eigenvalue weighted by atomic mass is 10.1. The molecule has 0 aliphatic carbocycles. The minimum Gasteiger partial charge on any atom is -0.465 e. The molecule has 114 valence electrons. The number of benzene rings is 2. The number of halogens is 2. The lowest BCUT2D eigenvalue weighted by molar-refractivity contribution is -0.386. The van der Waals surface area contributed by atoms with Crippen molar-refractivity contribution in [2.75, 3.05) is 7.11 Å². The minimum atomic E-state index is -1.16. The Bertz CT molecular complexity index is 748. The molecule has 2 aromatic rings. The molecule has 0 atom stereocenters. The maximum atomic E-state index is 13.1. The van der Waals surface area contributed by atoms with Crippen LogP contribution in [0.15, 0.2) is 36.4 Å². The summed E-state index contributed by atoms with van der Waals surface area (Å²) in [5.41, 5.74) is -0.938. The average molecular weight is 309 g/mol. The van der Waals surface area contributed by atoms with Gasteiger partial charge in [-0.2, -0.15) is 0 Å². The molecule has 0 heterocycles. The molecule has 0 radical (unpaired) electrons. The second-order valence-corrected chi connectivity index (χ2v) is 4.08. The van der Waals surface area contributed by atoms with Crippen molar-refractivity contribution in [1.29, 1.82) is 0 Å². The van der Waals surface area contributed by atoms with Gasteiger partial charge in [0.05, 0.1) is 12.0 Å². The molecule has 0 aromatic heterocycles. The van der Waals surface area contributed by atoms with E-state index < -0.39 is 28.2 Å². The van der Waals surface area contributed by atoms with Crippen LogP contribution in [0.3, 0.4) is 0 Å². The van der Waals surface area contributed by atoms with Gasteiger partial charge < -0.3 is 9.47 Å². The number of nitro groups is 1. The van der Waals surface area contributed by atoms with Gasteiger partial charge in [0.1, 0.15) is 11.3 Å². The lowest BCUT2D eigenvalue weighted by Gasteiger charge is -2.08. The van der Waals surface area contributed by atoms with Gasteiger partial charge >= 0.3 is 11.7 Å². The Kier molecular flexibility index (Phi) is 4.31. The van der Waals surface area contributed by atoms with Crippen LogP contribution in [0.1, 0.15) is 10.4 Å². The maximum absolute atomic E-state index is 13.1. The maximum Gasteiger partial charge on any atom is 0.345 e. The summed E-state index contributed by atoms with van der Waals surface area (Å²) in [6, 6.07) is 6.43. The van der Waals surface area contributed by atoms with E-state index in [4.69, 9.17) is 4.74 Å². The quantitative estimate of drug-likeness (QED) is 0.491. The first-order chi connectivity index (χ1) is 10.4. The summed E-state index contributed by atoms with van der Waals surface area (Å²) in [7, 11) is 1.08. The van der Waals surface area contributed by atoms with Crippen LogP contribution in [0, 0.1) is 21.7 Å². The first-order valence-electron chi connectivity index (χ1n) is 5.92. The molecule has 0 aliphatic heterocycles. The lowest BCUT2D eigenvalue weighted by Crippen LogP contribution is -2.06. The Morgan fingerprint density at radius 1 is 1.18 bits per heavy atom. The highest BCUT2D eigenvalue weighted by molar-refractivity contribution is 5.95. The Labute approximate surface area is 123 Å². The zero-order valence-corrected chi connectivity index (χ0v) is 11.2. The summed E-state index contributed by atoms with van der Waals surface area (Å²) < 4.78 is 35.6. The molecule has 8 heteroatoms. The number of nitrogens with zero attached hydrogens (tertiary/aromatic N) is 1. The number of carbonyl (C=O) groups excluding carboxylic acids is 1. The van der Waals surface area contributed by atoms with Crippen LogP contribution < -0.4 is 4.74 Å². The average Bonchev–Trinajstić information content (AvgIpc) is 2.49. The predicted octanol–water partition coefficient (Wildman–Crippen LogP) is 3.45. The van der Waals surface area contributed by atoms with Gasteiger partial charge in [-0.3, -0.25) is 10.1 Å². The van der Waals surface area contributed by atoms with Crippen LogP contribution in [0.4, 0.5) is 14.5 Å². The molecular weight excluding hydrogens is 300 g/mol. The topological polar surface area (TPSA) is 78.7 Å². The van der Waals surface area contributed by atoms with E-state index in [0.29, 0.717) is 0 Å². The van der Waals surface area contributed by atoms with Gasteiger partial charge in [0.2, 0.25) is 5.75 Å². The number of para-hydroxylation sites is 1. The van der Waals surface area contributed by atoms with Crippen LogP contribution in [-0.2, 0) is 4.74 Å². The van der Waals surface area contributed by atoms with E-state index in [2.05, 4.69) is 4.74 Å². The molecule has 0 N–H and O–H groups in total. The van der Waals surface area contributed by atoms with Gasteiger partial charge in [-0.15, -0.1) is 0 Å². The number of methoxy groups -OCH3 is 1. The normalized spacial score (nSPS) is 10.1. The smallest absolute Gasteiger partial charge is 0.345 e. The predicted molar refractivity (Wildman–Crippen MR) is 70.9 cm³/mol. The van der Waals surface area contributed by atoms with Crippen molar-refractivity contribution in [3.63, 3.8) is 0 Å². The third-order valence-electron chi connectivity index (χ3n) is 2.71. The molecule has 2 aromatic carbocycles. The van der Waals surface area contributed by atoms with Gasteiger partial charge in [-0.25, -0.2) is 13.6 Å². The third-order valence-corrected chi connectivity index (χ3v) is 2.71. The highest BCUT2D eigenvalue weighted by Gasteiger charge is 2.26. The van der Waals surface area contributed by atoms with Crippen molar-refractivity contribution in [3.8, 4) is 11.5 Å². The fourth-order valence-electron chi connectivity index (χ4n) is 1.73. The highest BCUT2D eigenvalue weighted by Crippen LogP contribution is 2.35. The van der Waals surface area contributed by atoms with Gasteiger partial charge in [-0.05, 0) is 24.3 Å². The summed E-state index contributed by atoms with van der Waals surface area (Å²) in [4.78, 5) is 21.9.